The molecule has 0 radical (unpaired) electrons. The number of carboxylic acid groups (broad SMARTS) is 1. The van der Waals surface area contributed by atoms with Crippen LogP contribution in [0.3, 0.4) is 0 Å². The largest absolute Gasteiger partial charge is 0.478 e. The third-order valence-corrected chi connectivity index (χ3v) is 6.65. The molecule has 29 heavy (non-hydrogen) atoms. The van der Waals surface area contributed by atoms with Gasteiger partial charge in [-0.1, -0.05) is 45.9 Å². The number of carbonyl (C=O) groups is 1. The normalized spacial score (nSPS) is 17.1. The maximum absolute atomic E-state index is 11.1. The fourth-order valence-electron chi connectivity index (χ4n) is 4.61. The van der Waals surface area contributed by atoms with Gasteiger partial charge in [0.15, 0.2) is 0 Å². The van der Waals surface area contributed by atoms with E-state index in [4.69, 9.17) is 5.11 Å². The van der Waals surface area contributed by atoms with Crippen molar-refractivity contribution >= 4 is 16.7 Å². The van der Waals surface area contributed by atoms with Crippen molar-refractivity contribution in [3.05, 3.63) is 70.8 Å². The van der Waals surface area contributed by atoms with Crippen molar-refractivity contribution < 1.29 is 15.0 Å². The van der Waals surface area contributed by atoms with E-state index in [9.17, 15) is 9.90 Å². The van der Waals surface area contributed by atoms with Crippen LogP contribution in [0.15, 0.2) is 48.5 Å². The topological polar surface area (TPSA) is 57.5 Å². The van der Waals surface area contributed by atoms with Gasteiger partial charge in [-0.15, -0.1) is 0 Å². The van der Waals surface area contributed by atoms with Crippen molar-refractivity contribution in [2.45, 2.75) is 58.0 Å². The van der Waals surface area contributed by atoms with Gasteiger partial charge in [0.2, 0.25) is 0 Å². The Bertz CT molecular complexity index is 1100. The van der Waals surface area contributed by atoms with Crippen molar-refractivity contribution in [3.8, 4) is 11.1 Å². The second-order valence-electron chi connectivity index (χ2n) is 9.56. The first-order valence-corrected chi connectivity index (χ1v) is 10.2. The van der Waals surface area contributed by atoms with Gasteiger partial charge in [0, 0.05) is 0 Å². The number of rotatable bonds is 3. The molecule has 1 aliphatic rings. The molecule has 150 valence electrons. The van der Waals surface area contributed by atoms with Crippen LogP contribution < -0.4 is 0 Å². The minimum absolute atomic E-state index is 0.0276. The Kier molecular flexibility index (Phi) is 4.54. The molecule has 0 unspecified atom stereocenters. The lowest BCUT2D eigenvalue weighted by Crippen LogP contribution is -2.33. The van der Waals surface area contributed by atoms with Crippen LogP contribution in [0.4, 0.5) is 0 Å². The standard InChI is InChI=1S/C26H28O3/c1-25(2)9-10-26(3,4)23-14-21-19(13-22(23)25)11-18(12-20(21)15-27)16-5-7-17(8-6-16)24(28)29/h5-8,11-14,27H,9-10,15H2,1-4H3,(H,28,29). The summed E-state index contributed by atoms with van der Waals surface area (Å²) in [7, 11) is 0. The van der Waals surface area contributed by atoms with Crippen LogP contribution in [0.5, 0.6) is 0 Å². The Morgan fingerprint density at radius 3 is 2.00 bits per heavy atom. The maximum Gasteiger partial charge on any atom is 0.335 e. The van der Waals surface area contributed by atoms with Gasteiger partial charge < -0.3 is 10.2 Å². The fraction of sp³-hybridized carbons (Fsp3) is 0.346. The molecule has 0 aliphatic heterocycles. The van der Waals surface area contributed by atoms with Crippen LogP contribution >= 0.6 is 0 Å². The second kappa shape index (κ2) is 6.70. The summed E-state index contributed by atoms with van der Waals surface area (Å²) in [5.74, 6) is -0.928. The average Bonchev–Trinajstić information content (AvgIpc) is 2.69. The fourth-order valence-corrected chi connectivity index (χ4v) is 4.61. The van der Waals surface area contributed by atoms with Crippen molar-refractivity contribution in [1.82, 2.24) is 0 Å². The lowest BCUT2D eigenvalue weighted by molar-refractivity contribution is 0.0697. The molecule has 0 amide bonds. The number of fused-ring (bicyclic) bond motifs is 2. The highest BCUT2D eigenvalue weighted by molar-refractivity contribution is 5.93. The minimum atomic E-state index is -0.928. The van der Waals surface area contributed by atoms with Gasteiger partial charge in [-0.05, 0) is 92.6 Å². The van der Waals surface area contributed by atoms with E-state index in [1.807, 2.05) is 18.2 Å². The van der Waals surface area contributed by atoms with E-state index in [1.54, 1.807) is 12.1 Å². The molecular weight excluding hydrogens is 360 g/mol. The molecule has 0 saturated heterocycles. The SMILES string of the molecule is CC1(C)CCC(C)(C)c2cc3c(CO)cc(-c4ccc(C(=O)O)cc4)cc3cc21. The molecule has 0 atom stereocenters. The summed E-state index contributed by atoms with van der Waals surface area (Å²) in [6.07, 6.45) is 2.31. The molecular formula is C26H28O3. The van der Waals surface area contributed by atoms with Gasteiger partial charge in [0.1, 0.15) is 0 Å². The second-order valence-corrected chi connectivity index (χ2v) is 9.56. The van der Waals surface area contributed by atoms with Crippen molar-refractivity contribution in [2.24, 2.45) is 0 Å². The van der Waals surface area contributed by atoms with Gasteiger partial charge in [-0.25, -0.2) is 4.79 Å². The van der Waals surface area contributed by atoms with Crippen LogP contribution in [0.1, 0.15) is 67.6 Å². The average molecular weight is 389 g/mol. The van der Waals surface area contributed by atoms with E-state index >= 15 is 0 Å². The van der Waals surface area contributed by atoms with Crippen LogP contribution in [0.2, 0.25) is 0 Å². The quantitative estimate of drug-likeness (QED) is 0.574. The zero-order valence-corrected chi connectivity index (χ0v) is 17.5. The summed E-state index contributed by atoms with van der Waals surface area (Å²) >= 11 is 0. The number of carboxylic acids is 1. The van der Waals surface area contributed by atoms with E-state index in [1.165, 1.54) is 11.1 Å². The highest BCUT2D eigenvalue weighted by Gasteiger charge is 2.37. The molecule has 1 aliphatic carbocycles. The number of aromatic carboxylic acids is 1. The highest BCUT2D eigenvalue weighted by Crippen LogP contribution is 2.47. The molecule has 3 aromatic rings. The molecule has 0 aromatic heterocycles. The van der Waals surface area contributed by atoms with Gasteiger partial charge in [-0.3, -0.25) is 0 Å². The van der Waals surface area contributed by atoms with Gasteiger partial charge in [0.05, 0.1) is 12.2 Å². The predicted octanol–water partition coefficient (Wildman–Crippen LogP) is 6.05. The molecule has 0 fully saturated rings. The Labute approximate surface area is 172 Å². The molecule has 4 rings (SSSR count). The molecule has 2 N–H and O–H groups in total. The predicted molar refractivity (Wildman–Crippen MR) is 118 cm³/mol. The lowest BCUT2D eigenvalue weighted by atomic mass is 9.62. The molecule has 0 saturated carbocycles. The maximum atomic E-state index is 11.1. The van der Waals surface area contributed by atoms with E-state index in [0.717, 1.165) is 40.3 Å². The third kappa shape index (κ3) is 3.34. The van der Waals surface area contributed by atoms with Crippen LogP contribution in [-0.4, -0.2) is 16.2 Å². The van der Waals surface area contributed by atoms with Gasteiger partial charge in [0.25, 0.3) is 0 Å². The molecule has 3 aromatic carbocycles. The number of benzene rings is 3. The highest BCUT2D eigenvalue weighted by atomic mass is 16.4. The third-order valence-electron chi connectivity index (χ3n) is 6.65. The Morgan fingerprint density at radius 2 is 1.45 bits per heavy atom. The first-order chi connectivity index (χ1) is 13.6. The van der Waals surface area contributed by atoms with Crippen molar-refractivity contribution in [1.29, 1.82) is 0 Å². The number of hydrogen-bond donors (Lipinski definition) is 2. The number of hydrogen-bond acceptors (Lipinski definition) is 2. The lowest BCUT2D eigenvalue weighted by Gasteiger charge is -2.42. The summed E-state index contributed by atoms with van der Waals surface area (Å²) in [5.41, 5.74) is 6.14. The minimum Gasteiger partial charge on any atom is -0.478 e. The summed E-state index contributed by atoms with van der Waals surface area (Å²) in [4.78, 5) is 11.1. The Balaban J connectivity index is 1.93. The first-order valence-electron chi connectivity index (χ1n) is 10.2. The molecule has 3 heteroatoms. The van der Waals surface area contributed by atoms with E-state index in [0.29, 0.717) is 0 Å². The first kappa shape index (κ1) is 19.7. The Morgan fingerprint density at radius 1 is 0.862 bits per heavy atom. The van der Waals surface area contributed by atoms with E-state index in [-0.39, 0.29) is 23.0 Å². The van der Waals surface area contributed by atoms with Crippen LogP contribution in [-0.2, 0) is 17.4 Å². The summed E-state index contributed by atoms with van der Waals surface area (Å²) in [6.45, 7) is 9.22. The summed E-state index contributed by atoms with van der Waals surface area (Å²) in [5, 5.41) is 21.4. The molecule has 0 bridgehead atoms. The number of aliphatic hydroxyl groups excluding tert-OH is 1. The van der Waals surface area contributed by atoms with E-state index in [2.05, 4.69) is 45.9 Å². The summed E-state index contributed by atoms with van der Waals surface area (Å²) < 4.78 is 0. The van der Waals surface area contributed by atoms with Crippen molar-refractivity contribution in [3.63, 3.8) is 0 Å². The Hall–Kier alpha value is -2.65. The number of aliphatic hydroxyl groups is 1. The van der Waals surface area contributed by atoms with Crippen LogP contribution in [0, 0.1) is 0 Å². The zero-order chi connectivity index (χ0) is 21.0. The van der Waals surface area contributed by atoms with Crippen molar-refractivity contribution in [2.75, 3.05) is 0 Å². The smallest absolute Gasteiger partial charge is 0.335 e. The molecule has 3 nitrogen and oxygen atoms in total. The monoisotopic (exact) mass is 388 g/mol. The molecule has 0 spiro atoms. The molecule has 0 heterocycles. The summed E-state index contributed by atoms with van der Waals surface area (Å²) in [6, 6.07) is 15.7. The van der Waals surface area contributed by atoms with Gasteiger partial charge >= 0.3 is 5.97 Å². The zero-order valence-electron chi connectivity index (χ0n) is 17.5. The van der Waals surface area contributed by atoms with Gasteiger partial charge in [-0.2, -0.15) is 0 Å². The van der Waals surface area contributed by atoms with Crippen LogP contribution in [0.25, 0.3) is 21.9 Å². The van der Waals surface area contributed by atoms with E-state index < -0.39 is 5.97 Å².